The third-order valence-corrected chi connectivity index (χ3v) is 5.10. The number of thiophene rings is 1. The number of fused-ring (bicyclic) bond motifs is 1. The number of aromatic nitrogens is 2. The fourth-order valence-electron chi connectivity index (χ4n) is 3.28. The molecule has 0 amide bonds. The summed E-state index contributed by atoms with van der Waals surface area (Å²) in [6, 6.07) is 4.67. The van der Waals surface area contributed by atoms with Gasteiger partial charge in [-0.2, -0.15) is 4.98 Å². The number of rotatable bonds is 3. The quantitative estimate of drug-likeness (QED) is 0.937. The Bertz CT molecular complexity index is 554. The second-order valence-electron chi connectivity index (χ2n) is 5.65. The number of likely N-dealkylation sites (tertiary alicyclic amines) is 1. The van der Waals surface area contributed by atoms with Crippen molar-refractivity contribution < 1.29 is 4.52 Å². The van der Waals surface area contributed by atoms with Crippen molar-refractivity contribution in [3.05, 3.63) is 23.3 Å². The van der Waals surface area contributed by atoms with Crippen LogP contribution in [0.25, 0.3) is 10.8 Å². The van der Waals surface area contributed by atoms with Crippen molar-refractivity contribution in [1.82, 2.24) is 20.4 Å². The van der Waals surface area contributed by atoms with Crippen LogP contribution < -0.4 is 5.32 Å². The predicted molar refractivity (Wildman–Crippen MR) is 77.4 cm³/mol. The van der Waals surface area contributed by atoms with Gasteiger partial charge < -0.3 is 9.84 Å². The first-order valence-corrected chi connectivity index (χ1v) is 8.08. The van der Waals surface area contributed by atoms with Gasteiger partial charge in [0.2, 0.25) is 0 Å². The second kappa shape index (κ2) is 5.27. The van der Waals surface area contributed by atoms with E-state index in [1.807, 2.05) is 17.5 Å². The SMILES string of the molecule is c1csc(-c2nc(CN3CC4CCCNC4C3)no2)c1. The molecular weight excluding hydrogens is 272 g/mol. The van der Waals surface area contributed by atoms with Crippen molar-refractivity contribution in [2.45, 2.75) is 25.4 Å². The molecule has 106 valence electrons. The molecule has 0 aromatic carbocycles. The average Bonchev–Trinajstić information content (AvgIpc) is 3.18. The molecule has 2 aromatic heterocycles. The highest BCUT2D eigenvalue weighted by atomic mass is 32.1. The van der Waals surface area contributed by atoms with E-state index in [1.54, 1.807) is 11.3 Å². The summed E-state index contributed by atoms with van der Waals surface area (Å²) in [5.41, 5.74) is 0. The van der Waals surface area contributed by atoms with Crippen LogP contribution >= 0.6 is 11.3 Å². The van der Waals surface area contributed by atoms with E-state index in [0.29, 0.717) is 11.9 Å². The zero-order valence-electron chi connectivity index (χ0n) is 11.3. The van der Waals surface area contributed by atoms with Gasteiger partial charge in [-0.15, -0.1) is 11.3 Å². The molecule has 0 spiro atoms. The first kappa shape index (κ1) is 12.5. The molecular formula is C14H18N4OS. The maximum Gasteiger partial charge on any atom is 0.268 e. The Morgan fingerprint density at radius 2 is 2.45 bits per heavy atom. The number of hydrogen-bond donors (Lipinski definition) is 1. The zero-order chi connectivity index (χ0) is 13.4. The van der Waals surface area contributed by atoms with Crippen LogP contribution in [0.5, 0.6) is 0 Å². The normalized spacial score (nSPS) is 26.8. The molecule has 20 heavy (non-hydrogen) atoms. The fourth-order valence-corrected chi connectivity index (χ4v) is 3.93. The molecule has 4 heterocycles. The van der Waals surface area contributed by atoms with Crippen molar-refractivity contribution in [1.29, 1.82) is 0 Å². The molecule has 2 unspecified atom stereocenters. The minimum atomic E-state index is 0.643. The predicted octanol–water partition coefficient (Wildman–Crippen LogP) is 1.98. The van der Waals surface area contributed by atoms with Gasteiger partial charge in [-0.25, -0.2) is 0 Å². The van der Waals surface area contributed by atoms with E-state index in [9.17, 15) is 0 Å². The number of nitrogens with zero attached hydrogens (tertiary/aromatic N) is 3. The summed E-state index contributed by atoms with van der Waals surface area (Å²) >= 11 is 1.63. The lowest BCUT2D eigenvalue weighted by atomic mass is 9.94. The Morgan fingerprint density at radius 1 is 1.45 bits per heavy atom. The molecule has 2 atom stereocenters. The number of nitrogens with one attached hydrogen (secondary N) is 1. The molecule has 0 bridgehead atoms. The van der Waals surface area contributed by atoms with Gasteiger partial charge in [-0.3, -0.25) is 4.90 Å². The smallest absolute Gasteiger partial charge is 0.268 e. The summed E-state index contributed by atoms with van der Waals surface area (Å²) in [4.78, 5) is 7.99. The van der Waals surface area contributed by atoms with E-state index in [0.717, 1.165) is 36.3 Å². The summed E-state index contributed by atoms with van der Waals surface area (Å²) in [5, 5.41) is 9.76. The Kier molecular flexibility index (Phi) is 3.29. The van der Waals surface area contributed by atoms with Gasteiger partial charge in [-0.05, 0) is 36.8 Å². The van der Waals surface area contributed by atoms with Crippen LogP contribution in [0, 0.1) is 5.92 Å². The van der Waals surface area contributed by atoms with E-state index in [2.05, 4.69) is 20.4 Å². The van der Waals surface area contributed by atoms with Gasteiger partial charge >= 0.3 is 0 Å². The van der Waals surface area contributed by atoms with Crippen LogP contribution in [0.1, 0.15) is 18.7 Å². The monoisotopic (exact) mass is 290 g/mol. The molecule has 2 aliphatic rings. The van der Waals surface area contributed by atoms with E-state index in [4.69, 9.17) is 4.52 Å². The van der Waals surface area contributed by atoms with Crippen LogP contribution in [0.15, 0.2) is 22.0 Å². The maximum atomic E-state index is 5.35. The van der Waals surface area contributed by atoms with Gasteiger partial charge in [0.15, 0.2) is 5.82 Å². The Labute approximate surface area is 122 Å². The zero-order valence-corrected chi connectivity index (χ0v) is 12.1. The number of piperidine rings is 1. The summed E-state index contributed by atoms with van der Waals surface area (Å²) in [6.07, 6.45) is 2.65. The molecule has 2 aliphatic heterocycles. The summed E-state index contributed by atoms with van der Waals surface area (Å²) in [5.74, 6) is 2.24. The molecule has 2 saturated heterocycles. The van der Waals surface area contributed by atoms with Crippen molar-refractivity contribution >= 4 is 11.3 Å². The third kappa shape index (κ3) is 2.39. The molecule has 2 fully saturated rings. The molecule has 6 heteroatoms. The molecule has 5 nitrogen and oxygen atoms in total. The van der Waals surface area contributed by atoms with Crippen molar-refractivity contribution in [2.24, 2.45) is 5.92 Å². The molecule has 0 radical (unpaired) electrons. The summed E-state index contributed by atoms with van der Waals surface area (Å²) in [7, 11) is 0. The second-order valence-corrected chi connectivity index (χ2v) is 6.60. The topological polar surface area (TPSA) is 54.2 Å². The summed E-state index contributed by atoms with van der Waals surface area (Å²) in [6.45, 7) is 4.22. The van der Waals surface area contributed by atoms with Gasteiger partial charge in [0.1, 0.15) is 0 Å². The fraction of sp³-hybridized carbons (Fsp3) is 0.571. The van der Waals surface area contributed by atoms with Crippen LogP contribution in [-0.4, -0.2) is 40.7 Å². The van der Waals surface area contributed by atoms with Crippen molar-refractivity contribution in [2.75, 3.05) is 19.6 Å². The first-order chi connectivity index (χ1) is 9.88. The Balaban J connectivity index is 1.42. The molecule has 1 N–H and O–H groups in total. The average molecular weight is 290 g/mol. The van der Waals surface area contributed by atoms with Gasteiger partial charge in [0.05, 0.1) is 11.4 Å². The van der Waals surface area contributed by atoms with Crippen molar-refractivity contribution in [3.8, 4) is 10.8 Å². The summed E-state index contributed by atoms with van der Waals surface area (Å²) < 4.78 is 5.35. The lowest BCUT2D eigenvalue weighted by Crippen LogP contribution is -2.40. The van der Waals surface area contributed by atoms with E-state index in [1.165, 1.54) is 19.4 Å². The lowest BCUT2D eigenvalue weighted by Gasteiger charge is -2.24. The minimum Gasteiger partial charge on any atom is -0.333 e. The lowest BCUT2D eigenvalue weighted by molar-refractivity contribution is 0.298. The Hall–Kier alpha value is -1.24. The highest BCUT2D eigenvalue weighted by Gasteiger charge is 2.34. The molecule has 4 rings (SSSR count). The minimum absolute atomic E-state index is 0.643. The third-order valence-electron chi connectivity index (χ3n) is 4.24. The standard InChI is InChI=1S/C14H18N4OS/c1-3-10-7-18(8-11(10)15-5-1)9-13-16-14(19-17-13)12-4-2-6-20-12/h2,4,6,10-11,15H,1,3,5,7-9H2. The maximum absolute atomic E-state index is 5.35. The van der Waals surface area contributed by atoms with E-state index < -0.39 is 0 Å². The van der Waals surface area contributed by atoms with Gasteiger partial charge in [-0.1, -0.05) is 11.2 Å². The first-order valence-electron chi connectivity index (χ1n) is 7.21. The van der Waals surface area contributed by atoms with Crippen LogP contribution in [-0.2, 0) is 6.54 Å². The highest BCUT2D eigenvalue weighted by molar-refractivity contribution is 7.13. The largest absolute Gasteiger partial charge is 0.333 e. The van der Waals surface area contributed by atoms with E-state index >= 15 is 0 Å². The van der Waals surface area contributed by atoms with Crippen molar-refractivity contribution in [3.63, 3.8) is 0 Å². The Morgan fingerprint density at radius 3 is 3.30 bits per heavy atom. The molecule has 0 saturated carbocycles. The van der Waals surface area contributed by atoms with Crippen LogP contribution in [0.4, 0.5) is 0 Å². The van der Waals surface area contributed by atoms with Gasteiger partial charge in [0.25, 0.3) is 5.89 Å². The highest BCUT2D eigenvalue weighted by Crippen LogP contribution is 2.26. The number of hydrogen-bond acceptors (Lipinski definition) is 6. The van der Waals surface area contributed by atoms with Gasteiger partial charge in [0, 0.05) is 19.1 Å². The van der Waals surface area contributed by atoms with E-state index in [-0.39, 0.29) is 0 Å². The van der Waals surface area contributed by atoms with Crippen LogP contribution in [0.2, 0.25) is 0 Å². The van der Waals surface area contributed by atoms with Crippen LogP contribution in [0.3, 0.4) is 0 Å². The molecule has 2 aromatic rings. The molecule has 0 aliphatic carbocycles.